The fraction of sp³-hybridized carbons (Fsp3) is 1.00. The summed E-state index contributed by atoms with van der Waals surface area (Å²) in [7, 11) is 1.84. The van der Waals surface area contributed by atoms with Gasteiger partial charge in [0.25, 0.3) is 0 Å². The van der Waals surface area contributed by atoms with Crippen LogP contribution in [0.25, 0.3) is 10.4 Å². The summed E-state index contributed by atoms with van der Waals surface area (Å²) in [4.78, 5) is 4.45. The Labute approximate surface area is 59.9 Å². The van der Waals surface area contributed by atoms with Crippen LogP contribution < -0.4 is 0 Å². The standard InChI is InChI=1S/C5H12N4O/c1-9(3-2-4-10)5-7-8-6/h10H,2-5H2,1H3. The maximum Gasteiger partial charge on any atom is 0.0771 e. The molecule has 10 heavy (non-hydrogen) atoms. The molecule has 1 N–H and O–H groups in total. The minimum atomic E-state index is 0.181. The highest BCUT2D eigenvalue weighted by atomic mass is 16.3. The van der Waals surface area contributed by atoms with Crippen LogP contribution in [0, 0.1) is 0 Å². The Bertz CT molecular complexity index is 121. The van der Waals surface area contributed by atoms with Crippen LogP contribution in [0.5, 0.6) is 0 Å². The van der Waals surface area contributed by atoms with E-state index in [2.05, 4.69) is 10.0 Å². The first-order valence-electron chi connectivity index (χ1n) is 3.11. The van der Waals surface area contributed by atoms with Crippen molar-refractivity contribution in [1.82, 2.24) is 4.90 Å². The Morgan fingerprint density at radius 2 is 2.40 bits per heavy atom. The van der Waals surface area contributed by atoms with Crippen molar-refractivity contribution in [3.8, 4) is 0 Å². The first-order valence-corrected chi connectivity index (χ1v) is 3.11. The van der Waals surface area contributed by atoms with Crippen LogP contribution in [0.3, 0.4) is 0 Å². The van der Waals surface area contributed by atoms with E-state index in [1.807, 2.05) is 11.9 Å². The third-order valence-electron chi connectivity index (χ3n) is 1.07. The van der Waals surface area contributed by atoms with Crippen LogP contribution >= 0.6 is 0 Å². The van der Waals surface area contributed by atoms with Crippen molar-refractivity contribution in [2.45, 2.75) is 6.42 Å². The van der Waals surface area contributed by atoms with Gasteiger partial charge in [0.1, 0.15) is 0 Å². The average molecular weight is 144 g/mol. The van der Waals surface area contributed by atoms with Gasteiger partial charge in [-0.2, -0.15) is 0 Å². The van der Waals surface area contributed by atoms with Crippen LogP contribution in [-0.4, -0.2) is 36.9 Å². The lowest BCUT2D eigenvalue weighted by Gasteiger charge is -2.10. The number of aliphatic hydroxyl groups is 1. The topological polar surface area (TPSA) is 72.2 Å². The molecule has 0 aliphatic rings. The second-order valence-electron chi connectivity index (χ2n) is 2.03. The molecule has 0 radical (unpaired) electrons. The minimum Gasteiger partial charge on any atom is -0.396 e. The van der Waals surface area contributed by atoms with E-state index in [0.29, 0.717) is 6.67 Å². The van der Waals surface area contributed by atoms with Crippen molar-refractivity contribution in [3.63, 3.8) is 0 Å². The summed E-state index contributed by atoms with van der Waals surface area (Å²) in [6.45, 7) is 1.31. The second kappa shape index (κ2) is 6.35. The molecule has 0 bridgehead atoms. The molecule has 0 unspecified atom stereocenters. The maximum atomic E-state index is 8.41. The van der Waals surface area contributed by atoms with Crippen molar-refractivity contribution in [3.05, 3.63) is 10.4 Å². The number of aliphatic hydroxyl groups excluding tert-OH is 1. The largest absolute Gasteiger partial charge is 0.396 e. The Balaban J connectivity index is 3.24. The number of nitrogens with zero attached hydrogens (tertiary/aromatic N) is 4. The van der Waals surface area contributed by atoms with Gasteiger partial charge in [0.05, 0.1) is 6.67 Å². The van der Waals surface area contributed by atoms with Crippen LogP contribution in [0.4, 0.5) is 0 Å². The van der Waals surface area contributed by atoms with Crippen molar-refractivity contribution >= 4 is 0 Å². The molecule has 0 saturated heterocycles. The van der Waals surface area contributed by atoms with Gasteiger partial charge in [-0.05, 0) is 19.0 Å². The molecule has 0 heterocycles. The van der Waals surface area contributed by atoms with Gasteiger partial charge in [0.15, 0.2) is 0 Å². The Morgan fingerprint density at radius 1 is 1.70 bits per heavy atom. The average Bonchev–Trinajstić information content (AvgIpc) is 1.97. The van der Waals surface area contributed by atoms with Gasteiger partial charge < -0.3 is 10.0 Å². The van der Waals surface area contributed by atoms with E-state index < -0.39 is 0 Å². The molecule has 5 nitrogen and oxygen atoms in total. The predicted octanol–water partition coefficient (Wildman–Crippen LogP) is 0.568. The zero-order valence-electron chi connectivity index (χ0n) is 6.06. The van der Waals surface area contributed by atoms with E-state index in [1.165, 1.54) is 0 Å². The highest BCUT2D eigenvalue weighted by Gasteiger charge is 1.92. The fourth-order valence-corrected chi connectivity index (χ4v) is 0.548. The molecule has 0 saturated carbocycles. The molecule has 0 spiro atoms. The summed E-state index contributed by atoms with van der Waals surface area (Å²) in [6.07, 6.45) is 0.720. The molecule has 58 valence electrons. The lowest BCUT2D eigenvalue weighted by atomic mass is 10.4. The van der Waals surface area contributed by atoms with Crippen molar-refractivity contribution in [2.75, 3.05) is 26.9 Å². The molecule has 0 fully saturated rings. The van der Waals surface area contributed by atoms with E-state index in [-0.39, 0.29) is 6.61 Å². The SMILES string of the molecule is CN(CCCO)CN=[N+]=[N-]. The van der Waals surface area contributed by atoms with E-state index in [1.54, 1.807) is 0 Å². The van der Waals surface area contributed by atoms with Crippen molar-refractivity contribution in [2.24, 2.45) is 5.11 Å². The summed E-state index contributed by atoms with van der Waals surface area (Å²) in [6, 6.07) is 0. The molecule has 5 heteroatoms. The number of azide groups is 1. The fourth-order valence-electron chi connectivity index (χ4n) is 0.548. The summed E-state index contributed by atoms with van der Waals surface area (Å²) < 4.78 is 0. The van der Waals surface area contributed by atoms with Crippen LogP contribution in [0.2, 0.25) is 0 Å². The molecular weight excluding hydrogens is 132 g/mol. The van der Waals surface area contributed by atoms with E-state index in [0.717, 1.165) is 13.0 Å². The molecule has 0 aliphatic heterocycles. The van der Waals surface area contributed by atoms with Crippen molar-refractivity contribution < 1.29 is 5.11 Å². The summed E-state index contributed by atoms with van der Waals surface area (Å²) >= 11 is 0. The van der Waals surface area contributed by atoms with Gasteiger partial charge in [0, 0.05) is 18.1 Å². The summed E-state index contributed by atoms with van der Waals surface area (Å²) in [5.74, 6) is 0. The number of rotatable bonds is 5. The van der Waals surface area contributed by atoms with Crippen LogP contribution in [-0.2, 0) is 0 Å². The first kappa shape index (κ1) is 9.23. The molecule has 0 atom stereocenters. The minimum absolute atomic E-state index is 0.181. The van der Waals surface area contributed by atoms with Gasteiger partial charge >= 0.3 is 0 Å². The van der Waals surface area contributed by atoms with Gasteiger partial charge in [-0.1, -0.05) is 5.11 Å². The van der Waals surface area contributed by atoms with Gasteiger partial charge in [-0.3, -0.25) is 0 Å². The number of hydrogen-bond acceptors (Lipinski definition) is 3. The van der Waals surface area contributed by atoms with E-state index in [4.69, 9.17) is 10.6 Å². The van der Waals surface area contributed by atoms with Gasteiger partial charge in [-0.15, -0.1) is 0 Å². The van der Waals surface area contributed by atoms with E-state index in [9.17, 15) is 0 Å². The molecule has 0 aromatic carbocycles. The third-order valence-corrected chi connectivity index (χ3v) is 1.07. The third kappa shape index (κ3) is 5.37. The molecule has 0 aromatic rings. The lowest BCUT2D eigenvalue weighted by Crippen LogP contribution is -2.19. The Morgan fingerprint density at radius 3 is 2.90 bits per heavy atom. The maximum absolute atomic E-state index is 8.41. The van der Waals surface area contributed by atoms with Crippen molar-refractivity contribution in [1.29, 1.82) is 0 Å². The Hall–Kier alpha value is -0.770. The van der Waals surface area contributed by atoms with Crippen LogP contribution in [0.15, 0.2) is 5.11 Å². The smallest absolute Gasteiger partial charge is 0.0771 e. The first-order chi connectivity index (χ1) is 4.81. The second-order valence-corrected chi connectivity index (χ2v) is 2.03. The molecule has 0 rings (SSSR count). The van der Waals surface area contributed by atoms with E-state index >= 15 is 0 Å². The molecule has 0 aromatic heterocycles. The lowest BCUT2D eigenvalue weighted by molar-refractivity contribution is 0.250. The highest BCUT2D eigenvalue weighted by Crippen LogP contribution is 1.86. The summed E-state index contributed by atoms with van der Waals surface area (Å²) in [5.41, 5.74) is 7.92. The molecule has 0 aliphatic carbocycles. The zero-order chi connectivity index (χ0) is 7.82. The number of hydrogen-bond donors (Lipinski definition) is 1. The predicted molar refractivity (Wildman–Crippen MR) is 38.3 cm³/mol. The van der Waals surface area contributed by atoms with Gasteiger partial charge in [0.2, 0.25) is 0 Å². The monoisotopic (exact) mass is 144 g/mol. The Kier molecular flexibility index (Phi) is 5.86. The zero-order valence-corrected chi connectivity index (χ0v) is 6.06. The normalized spacial score (nSPS) is 9.50. The van der Waals surface area contributed by atoms with Crippen LogP contribution in [0.1, 0.15) is 6.42 Å². The highest BCUT2D eigenvalue weighted by molar-refractivity contribution is 4.49. The quantitative estimate of drug-likeness (QED) is 0.348. The molecular formula is C5H12N4O. The molecule has 0 amide bonds. The summed E-state index contributed by atoms with van der Waals surface area (Å²) in [5, 5.41) is 11.8. The van der Waals surface area contributed by atoms with Gasteiger partial charge in [-0.25, -0.2) is 0 Å².